The van der Waals surface area contributed by atoms with Crippen molar-refractivity contribution in [2.75, 3.05) is 5.43 Å². The summed E-state index contributed by atoms with van der Waals surface area (Å²) < 4.78 is 13.4. The van der Waals surface area contributed by atoms with Gasteiger partial charge in [-0.3, -0.25) is 5.43 Å². The van der Waals surface area contributed by atoms with E-state index in [1.807, 2.05) is 12.1 Å². The second-order valence-corrected chi connectivity index (χ2v) is 3.43. The van der Waals surface area contributed by atoms with Crippen molar-refractivity contribution in [2.24, 2.45) is 5.10 Å². The zero-order chi connectivity index (χ0) is 12.8. The van der Waals surface area contributed by atoms with E-state index in [0.29, 0.717) is 11.4 Å². The Kier molecular flexibility index (Phi) is 3.62. The third-order valence-corrected chi connectivity index (χ3v) is 2.17. The molecule has 0 saturated heterocycles. The number of nitrogens with zero attached hydrogens (tertiary/aromatic N) is 3. The van der Waals surface area contributed by atoms with Crippen LogP contribution in [0.4, 0.5) is 10.2 Å². The molecular weight excluding hydrogens is 231 g/mol. The minimum atomic E-state index is -0.430. The highest BCUT2D eigenvalue weighted by Gasteiger charge is 2.00. The molecule has 1 heterocycles. The van der Waals surface area contributed by atoms with Crippen LogP contribution in [0.2, 0.25) is 0 Å². The number of nitriles is 1. The largest absolute Gasteiger partial charge is 0.261 e. The maximum Gasteiger partial charge on any atom is 0.146 e. The molecule has 0 unspecified atom stereocenters. The van der Waals surface area contributed by atoms with E-state index < -0.39 is 5.82 Å². The van der Waals surface area contributed by atoms with Crippen LogP contribution in [0.3, 0.4) is 0 Å². The Balaban J connectivity index is 2.12. The van der Waals surface area contributed by atoms with E-state index in [-0.39, 0.29) is 5.56 Å². The molecule has 0 radical (unpaired) electrons. The fourth-order valence-electron chi connectivity index (χ4n) is 1.31. The molecule has 4 nitrogen and oxygen atoms in total. The molecule has 0 spiro atoms. The van der Waals surface area contributed by atoms with Crippen LogP contribution in [0.25, 0.3) is 0 Å². The fourth-order valence-corrected chi connectivity index (χ4v) is 1.31. The minimum Gasteiger partial charge on any atom is -0.261 e. The van der Waals surface area contributed by atoms with Crippen LogP contribution < -0.4 is 5.43 Å². The lowest BCUT2D eigenvalue weighted by molar-refractivity contribution is 0.626. The average Bonchev–Trinajstić information content (AvgIpc) is 2.42. The van der Waals surface area contributed by atoms with Gasteiger partial charge in [-0.05, 0) is 30.3 Å². The summed E-state index contributed by atoms with van der Waals surface area (Å²) in [5.41, 5.74) is 3.30. The number of anilines is 1. The topological polar surface area (TPSA) is 61.1 Å². The highest BCUT2D eigenvalue weighted by molar-refractivity contribution is 5.81. The fraction of sp³-hybridized carbons (Fsp3) is 0. The number of nitrogens with one attached hydrogen (secondary N) is 1. The standard InChI is InChI=1S/C13H9FN4/c14-12-5-4-10(8-15)7-11(12)9-17-18-13-3-1-2-6-16-13/h1-7,9H,(H,16,18)/b17-9+. The van der Waals surface area contributed by atoms with Crippen molar-refractivity contribution in [1.82, 2.24) is 4.98 Å². The number of hydrazone groups is 1. The first-order valence-corrected chi connectivity index (χ1v) is 5.19. The lowest BCUT2D eigenvalue weighted by Gasteiger charge is -1.99. The molecule has 0 saturated carbocycles. The summed E-state index contributed by atoms with van der Waals surface area (Å²) in [7, 11) is 0. The summed E-state index contributed by atoms with van der Waals surface area (Å²) >= 11 is 0. The second-order valence-electron chi connectivity index (χ2n) is 3.43. The van der Waals surface area contributed by atoms with Crippen LogP contribution in [0, 0.1) is 17.1 Å². The SMILES string of the molecule is N#Cc1ccc(F)c(/C=N/Nc2ccccn2)c1. The predicted octanol–water partition coefficient (Wildman–Crippen LogP) is 2.54. The first-order valence-electron chi connectivity index (χ1n) is 5.19. The molecule has 5 heteroatoms. The van der Waals surface area contributed by atoms with Crippen LogP contribution in [0.1, 0.15) is 11.1 Å². The highest BCUT2D eigenvalue weighted by Crippen LogP contribution is 2.08. The van der Waals surface area contributed by atoms with Crippen molar-refractivity contribution in [3.8, 4) is 6.07 Å². The quantitative estimate of drug-likeness (QED) is 0.662. The smallest absolute Gasteiger partial charge is 0.146 e. The molecule has 0 aliphatic carbocycles. The normalized spacial score (nSPS) is 10.2. The van der Waals surface area contributed by atoms with Gasteiger partial charge in [-0.15, -0.1) is 0 Å². The van der Waals surface area contributed by atoms with Crippen LogP contribution in [-0.4, -0.2) is 11.2 Å². The number of benzene rings is 1. The summed E-state index contributed by atoms with van der Waals surface area (Å²) in [5.74, 6) is 0.131. The molecule has 0 aliphatic heterocycles. The van der Waals surface area contributed by atoms with E-state index in [2.05, 4.69) is 15.5 Å². The first kappa shape index (κ1) is 11.7. The predicted molar refractivity (Wildman–Crippen MR) is 66.6 cm³/mol. The average molecular weight is 240 g/mol. The maximum absolute atomic E-state index is 13.4. The summed E-state index contributed by atoms with van der Waals surface area (Å²) in [6.45, 7) is 0. The monoisotopic (exact) mass is 240 g/mol. The molecule has 1 aromatic carbocycles. The lowest BCUT2D eigenvalue weighted by atomic mass is 10.1. The van der Waals surface area contributed by atoms with Gasteiger partial charge in [-0.2, -0.15) is 10.4 Å². The van der Waals surface area contributed by atoms with Gasteiger partial charge in [0.25, 0.3) is 0 Å². The van der Waals surface area contributed by atoms with Gasteiger partial charge in [0.05, 0.1) is 17.8 Å². The maximum atomic E-state index is 13.4. The van der Waals surface area contributed by atoms with E-state index in [4.69, 9.17) is 5.26 Å². The molecule has 1 N–H and O–H groups in total. The van der Waals surface area contributed by atoms with Crippen molar-refractivity contribution in [3.05, 3.63) is 59.5 Å². The molecule has 0 amide bonds. The number of hydrogen-bond donors (Lipinski definition) is 1. The highest BCUT2D eigenvalue weighted by atomic mass is 19.1. The summed E-state index contributed by atoms with van der Waals surface area (Å²) in [6.07, 6.45) is 2.93. The molecule has 0 aliphatic rings. The number of halogens is 1. The van der Waals surface area contributed by atoms with Crippen LogP contribution >= 0.6 is 0 Å². The Morgan fingerprint density at radius 2 is 2.22 bits per heavy atom. The Bertz CT molecular complexity index is 602. The van der Waals surface area contributed by atoms with Crippen LogP contribution in [0.15, 0.2) is 47.7 Å². The molecule has 2 aromatic rings. The lowest BCUT2D eigenvalue weighted by Crippen LogP contribution is -1.95. The third kappa shape index (κ3) is 2.89. The summed E-state index contributed by atoms with van der Waals surface area (Å²) in [6, 6.07) is 11.3. The van der Waals surface area contributed by atoms with E-state index >= 15 is 0 Å². The van der Waals surface area contributed by atoms with Gasteiger partial charge in [-0.1, -0.05) is 6.07 Å². The van der Waals surface area contributed by atoms with Crippen LogP contribution in [-0.2, 0) is 0 Å². The molecule has 0 bridgehead atoms. The van der Waals surface area contributed by atoms with E-state index in [1.165, 1.54) is 24.4 Å². The molecule has 88 valence electrons. The first-order chi connectivity index (χ1) is 8.79. The van der Waals surface area contributed by atoms with Gasteiger partial charge in [0, 0.05) is 11.8 Å². The Labute approximate surface area is 103 Å². The van der Waals surface area contributed by atoms with Crippen molar-refractivity contribution in [3.63, 3.8) is 0 Å². The molecule has 18 heavy (non-hydrogen) atoms. The minimum absolute atomic E-state index is 0.248. The van der Waals surface area contributed by atoms with E-state index in [9.17, 15) is 4.39 Å². The number of aromatic nitrogens is 1. The Morgan fingerprint density at radius 3 is 2.94 bits per heavy atom. The van der Waals surface area contributed by atoms with Gasteiger partial charge >= 0.3 is 0 Å². The Morgan fingerprint density at radius 1 is 1.33 bits per heavy atom. The zero-order valence-corrected chi connectivity index (χ0v) is 9.34. The van der Waals surface area contributed by atoms with Crippen molar-refractivity contribution in [2.45, 2.75) is 0 Å². The van der Waals surface area contributed by atoms with E-state index in [1.54, 1.807) is 18.3 Å². The molecule has 0 fully saturated rings. The van der Waals surface area contributed by atoms with Crippen molar-refractivity contribution < 1.29 is 4.39 Å². The number of hydrogen-bond acceptors (Lipinski definition) is 4. The van der Waals surface area contributed by atoms with Crippen molar-refractivity contribution in [1.29, 1.82) is 5.26 Å². The molecule has 1 aromatic heterocycles. The van der Waals surface area contributed by atoms with E-state index in [0.717, 1.165) is 0 Å². The van der Waals surface area contributed by atoms with Gasteiger partial charge in [0.1, 0.15) is 11.6 Å². The molecule has 2 rings (SSSR count). The second kappa shape index (κ2) is 5.55. The molecule has 0 atom stereocenters. The van der Waals surface area contributed by atoms with Gasteiger partial charge in [0.15, 0.2) is 0 Å². The molecular formula is C13H9FN4. The summed E-state index contributed by atoms with van der Waals surface area (Å²) in [4.78, 5) is 4.00. The van der Waals surface area contributed by atoms with Gasteiger partial charge in [-0.25, -0.2) is 9.37 Å². The van der Waals surface area contributed by atoms with Crippen LogP contribution in [0.5, 0.6) is 0 Å². The number of pyridine rings is 1. The van der Waals surface area contributed by atoms with Gasteiger partial charge in [0.2, 0.25) is 0 Å². The zero-order valence-electron chi connectivity index (χ0n) is 9.34. The van der Waals surface area contributed by atoms with Crippen molar-refractivity contribution >= 4 is 12.0 Å². The Hall–Kier alpha value is -2.74. The number of rotatable bonds is 3. The van der Waals surface area contributed by atoms with Gasteiger partial charge < -0.3 is 0 Å². The third-order valence-electron chi connectivity index (χ3n) is 2.17. The summed E-state index contributed by atoms with van der Waals surface area (Å²) in [5, 5.41) is 12.6.